The lowest BCUT2D eigenvalue weighted by Crippen LogP contribution is -2.28. The second-order valence-electron chi connectivity index (χ2n) is 4.91. The molecular formula is C17H16N2O2. The number of para-hydroxylation sites is 1. The molecule has 1 amide bonds. The van der Waals surface area contributed by atoms with Crippen LogP contribution in [0.15, 0.2) is 60.7 Å². The summed E-state index contributed by atoms with van der Waals surface area (Å²) in [7, 11) is 0. The zero-order chi connectivity index (χ0) is 14.7. The number of aromatic nitrogens is 1. The molecule has 0 radical (unpaired) electrons. The first-order valence-corrected chi connectivity index (χ1v) is 6.83. The SMILES string of the molecule is O=C(NCC(O)c1ccccc1)c1cc2ccccc2[nH]1. The predicted octanol–water partition coefficient (Wildman–Crippen LogP) is 2.63. The van der Waals surface area contributed by atoms with Crippen molar-refractivity contribution in [2.45, 2.75) is 6.10 Å². The Labute approximate surface area is 122 Å². The van der Waals surface area contributed by atoms with Crippen molar-refractivity contribution < 1.29 is 9.90 Å². The fraction of sp³-hybridized carbons (Fsp3) is 0.118. The van der Waals surface area contributed by atoms with Gasteiger partial charge in [-0.15, -0.1) is 0 Å². The van der Waals surface area contributed by atoms with E-state index in [2.05, 4.69) is 10.3 Å². The average molecular weight is 280 g/mol. The van der Waals surface area contributed by atoms with Crippen LogP contribution >= 0.6 is 0 Å². The maximum Gasteiger partial charge on any atom is 0.267 e. The minimum Gasteiger partial charge on any atom is -0.387 e. The number of hydrogen-bond acceptors (Lipinski definition) is 2. The van der Waals surface area contributed by atoms with Crippen LogP contribution in [-0.2, 0) is 0 Å². The first-order chi connectivity index (χ1) is 10.2. The molecule has 0 spiro atoms. The lowest BCUT2D eigenvalue weighted by Gasteiger charge is -2.11. The van der Waals surface area contributed by atoms with Crippen molar-refractivity contribution in [3.8, 4) is 0 Å². The number of aliphatic hydroxyl groups is 1. The Kier molecular flexibility index (Phi) is 3.71. The quantitative estimate of drug-likeness (QED) is 0.688. The van der Waals surface area contributed by atoms with Crippen molar-refractivity contribution in [1.82, 2.24) is 10.3 Å². The molecule has 1 atom stereocenters. The van der Waals surface area contributed by atoms with Crippen LogP contribution in [0.2, 0.25) is 0 Å². The molecule has 3 rings (SSSR count). The minimum absolute atomic E-state index is 0.179. The number of nitrogens with one attached hydrogen (secondary N) is 2. The van der Waals surface area contributed by atoms with Crippen molar-refractivity contribution in [1.29, 1.82) is 0 Å². The van der Waals surface area contributed by atoms with Gasteiger partial charge in [0, 0.05) is 17.4 Å². The normalized spacial score (nSPS) is 12.2. The molecule has 3 N–H and O–H groups in total. The third kappa shape index (κ3) is 2.95. The van der Waals surface area contributed by atoms with E-state index in [1.807, 2.05) is 54.6 Å². The van der Waals surface area contributed by atoms with Gasteiger partial charge in [0.25, 0.3) is 5.91 Å². The van der Waals surface area contributed by atoms with Gasteiger partial charge in [-0.1, -0.05) is 48.5 Å². The van der Waals surface area contributed by atoms with Crippen molar-refractivity contribution >= 4 is 16.8 Å². The number of carbonyl (C=O) groups excluding carboxylic acids is 1. The number of carbonyl (C=O) groups is 1. The van der Waals surface area contributed by atoms with Crippen molar-refractivity contribution in [3.63, 3.8) is 0 Å². The highest BCUT2D eigenvalue weighted by molar-refractivity contribution is 5.97. The van der Waals surface area contributed by atoms with Crippen LogP contribution in [0.3, 0.4) is 0 Å². The van der Waals surface area contributed by atoms with Gasteiger partial charge in [0.1, 0.15) is 5.69 Å². The molecule has 1 heterocycles. The summed E-state index contributed by atoms with van der Waals surface area (Å²) in [5.41, 5.74) is 2.21. The van der Waals surface area contributed by atoms with E-state index in [4.69, 9.17) is 0 Å². The molecule has 2 aromatic carbocycles. The smallest absolute Gasteiger partial charge is 0.267 e. The number of amides is 1. The lowest BCUT2D eigenvalue weighted by atomic mass is 10.1. The van der Waals surface area contributed by atoms with Crippen LogP contribution in [0.25, 0.3) is 10.9 Å². The first kappa shape index (κ1) is 13.4. The van der Waals surface area contributed by atoms with E-state index >= 15 is 0 Å². The fourth-order valence-electron chi connectivity index (χ4n) is 2.27. The standard InChI is InChI=1S/C17H16N2O2/c20-16(12-6-2-1-3-7-12)11-18-17(21)15-10-13-8-4-5-9-14(13)19-15/h1-10,16,19-20H,11H2,(H,18,21). The summed E-state index contributed by atoms with van der Waals surface area (Å²) in [4.78, 5) is 15.2. The van der Waals surface area contributed by atoms with Crippen LogP contribution in [0.4, 0.5) is 0 Å². The first-order valence-electron chi connectivity index (χ1n) is 6.83. The van der Waals surface area contributed by atoms with Crippen LogP contribution in [0.5, 0.6) is 0 Å². The Hall–Kier alpha value is -2.59. The summed E-state index contributed by atoms with van der Waals surface area (Å²) in [6, 6.07) is 18.8. The fourth-order valence-corrected chi connectivity index (χ4v) is 2.27. The number of fused-ring (bicyclic) bond motifs is 1. The van der Waals surface area contributed by atoms with Crippen LogP contribution in [0, 0.1) is 0 Å². The largest absolute Gasteiger partial charge is 0.387 e. The molecule has 0 saturated carbocycles. The Morgan fingerprint density at radius 2 is 1.81 bits per heavy atom. The lowest BCUT2D eigenvalue weighted by molar-refractivity contribution is 0.0912. The van der Waals surface area contributed by atoms with E-state index in [0.29, 0.717) is 5.69 Å². The third-order valence-corrected chi connectivity index (χ3v) is 3.41. The zero-order valence-electron chi connectivity index (χ0n) is 11.4. The predicted molar refractivity (Wildman–Crippen MR) is 82.0 cm³/mol. The molecule has 4 nitrogen and oxygen atoms in total. The molecule has 0 fully saturated rings. The van der Waals surface area contributed by atoms with Gasteiger partial charge in [-0.25, -0.2) is 0 Å². The van der Waals surface area contributed by atoms with Crippen molar-refractivity contribution in [3.05, 3.63) is 71.9 Å². The Morgan fingerprint density at radius 1 is 1.10 bits per heavy atom. The van der Waals surface area contributed by atoms with E-state index in [0.717, 1.165) is 16.5 Å². The van der Waals surface area contributed by atoms with Crippen LogP contribution in [0.1, 0.15) is 22.2 Å². The molecule has 0 aliphatic rings. The molecule has 1 unspecified atom stereocenters. The van der Waals surface area contributed by atoms with Gasteiger partial charge < -0.3 is 15.4 Å². The third-order valence-electron chi connectivity index (χ3n) is 3.41. The maximum absolute atomic E-state index is 12.1. The maximum atomic E-state index is 12.1. The highest BCUT2D eigenvalue weighted by Crippen LogP contribution is 2.15. The Bertz CT molecular complexity index is 717. The molecule has 0 aliphatic carbocycles. The molecular weight excluding hydrogens is 264 g/mol. The summed E-state index contributed by atoms with van der Waals surface area (Å²) in [6.07, 6.45) is -0.709. The molecule has 0 saturated heterocycles. The summed E-state index contributed by atoms with van der Waals surface area (Å²) >= 11 is 0. The van der Waals surface area contributed by atoms with Crippen molar-refractivity contribution in [2.75, 3.05) is 6.54 Å². The number of benzene rings is 2. The highest BCUT2D eigenvalue weighted by Gasteiger charge is 2.12. The van der Waals surface area contributed by atoms with E-state index < -0.39 is 6.10 Å². The second-order valence-corrected chi connectivity index (χ2v) is 4.91. The van der Waals surface area contributed by atoms with Gasteiger partial charge in [0.05, 0.1) is 6.10 Å². The number of aliphatic hydroxyl groups excluding tert-OH is 1. The summed E-state index contributed by atoms with van der Waals surface area (Å²) in [5, 5.41) is 13.8. The number of H-pyrrole nitrogens is 1. The highest BCUT2D eigenvalue weighted by atomic mass is 16.3. The van der Waals surface area contributed by atoms with Gasteiger partial charge in [0.2, 0.25) is 0 Å². The number of hydrogen-bond donors (Lipinski definition) is 3. The van der Waals surface area contributed by atoms with E-state index in [1.165, 1.54) is 0 Å². The summed E-state index contributed by atoms with van der Waals surface area (Å²) < 4.78 is 0. The van der Waals surface area contributed by atoms with Crippen LogP contribution < -0.4 is 5.32 Å². The second kappa shape index (κ2) is 5.81. The minimum atomic E-state index is -0.709. The van der Waals surface area contributed by atoms with Crippen molar-refractivity contribution in [2.24, 2.45) is 0 Å². The van der Waals surface area contributed by atoms with Gasteiger partial charge in [-0.2, -0.15) is 0 Å². The monoisotopic (exact) mass is 280 g/mol. The van der Waals surface area contributed by atoms with E-state index in [9.17, 15) is 9.90 Å². The average Bonchev–Trinajstić information content (AvgIpc) is 2.97. The zero-order valence-corrected chi connectivity index (χ0v) is 11.4. The van der Waals surface area contributed by atoms with Gasteiger partial charge >= 0.3 is 0 Å². The molecule has 106 valence electrons. The molecule has 0 bridgehead atoms. The molecule has 1 aromatic heterocycles. The molecule has 4 heteroatoms. The van der Waals surface area contributed by atoms with Gasteiger partial charge in [-0.05, 0) is 17.7 Å². The number of aromatic amines is 1. The van der Waals surface area contributed by atoms with Gasteiger partial charge in [0.15, 0.2) is 0 Å². The topological polar surface area (TPSA) is 65.1 Å². The summed E-state index contributed by atoms with van der Waals surface area (Å²) in [6.45, 7) is 0.179. The van der Waals surface area contributed by atoms with E-state index in [1.54, 1.807) is 6.07 Å². The summed E-state index contributed by atoms with van der Waals surface area (Å²) in [5.74, 6) is -0.221. The number of rotatable bonds is 4. The molecule has 0 aliphatic heterocycles. The van der Waals surface area contributed by atoms with E-state index in [-0.39, 0.29) is 12.5 Å². The van der Waals surface area contributed by atoms with Gasteiger partial charge in [-0.3, -0.25) is 4.79 Å². The Balaban J connectivity index is 1.66. The van der Waals surface area contributed by atoms with Crippen LogP contribution in [-0.4, -0.2) is 22.5 Å². The Morgan fingerprint density at radius 3 is 2.57 bits per heavy atom. The molecule has 3 aromatic rings. The molecule has 21 heavy (non-hydrogen) atoms.